The number of hydrogen-bond acceptors (Lipinski definition) is 6. The first-order valence-corrected chi connectivity index (χ1v) is 9.11. The zero-order valence-corrected chi connectivity index (χ0v) is 15.7. The van der Waals surface area contributed by atoms with Crippen LogP contribution >= 0.6 is 11.3 Å². The van der Waals surface area contributed by atoms with Crippen LogP contribution in [0.2, 0.25) is 0 Å². The Balaban J connectivity index is 1.84. The Morgan fingerprint density at radius 1 is 1.23 bits per heavy atom. The maximum atomic E-state index is 11.9. The van der Waals surface area contributed by atoms with Crippen LogP contribution in [0, 0.1) is 12.8 Å². The highest BCUT2D eigenvalue weighted by Crippen LogP contribution is 2.34. The molecule has 0 unspecified atom stereocenters. The molecule has 0 bridgehead atoms. The summed E-state index contributed by atoms with van der Waals surface area (Å²) in [4.78, 5) is 21.7. The highest BCUT2D eigenvalue weighted by molar-refractivity contribution is 7.19. The Labute approximate surface area is 156 Å². The van der Waals surface area contributed by atoms with Crippen LogP contribution in [-0.4, -0.2) is 15.9 Å². The summed E-state index contributed by atoms with van der Waals surface area (Å²) in [5, 5.41) is 6.72. The third-order valence-corrected chi connectivity index (χ3v) is 4.85. The third-order valence-electron chi connectivity index (χ3n) is 3.73. The number of carbonyl (C=O) groups excluding carboxylic acids is 1. The first-order valence-electron chi connectivity index (χ1n) is 8.29. The number of benzene rings is 1. The number of aryl methyl sites for hydroxylation is 1. The topological polar surface area (TPSA) is 92.9 Å². The van der Waals surface area contributed by atoms with E-state index in [0.29, 0.717) is 16.6 Å². The monoisotopic (exact) mass is 367 g/mol. The Kier molecular flexibility index (Phi) is 5.18. The molecule has 2 heterocycles. The van der Waals surface area contributed by atoms with Gasteiger partial charge in [0.15, 0.2) is 5.13 Å². The van der Waals surface area contributed by atoms with Gasteiger partial charge in [0.1, 0.15) is 5.82 Å². The van der Waals surface area contributed by atoms with Crippen LogP contribution in [0.1, 0.15) is 19.5 Å². The third kappa shape index (κ3) is 4.18. The van der Waals surface area contributed by atoms with Crippen LogP contribution in [0.5, 0.6) is 0 Å². The van der Waals surface area contributed by atoms with Crippen molar-refractivity contribution in [3.8, 4) is 10.4 Å². The Hall–Kier alpha value is -2.93. The van der Waals surface area contributed by atoms with Crippen molar-refractivity contribution in [3.63, 3.8) is 0 Å². The summed E-state index contributed by atoms with van der Waals surface area (Å²) < 4.78 is 0. The van der Waals surface area contributed by atoms with E-state index in [1.54, 1.807) is 6.20 Å². The molecule has 3 rings (SSSR count). The first kappa shape index (κ1) is 17.9. The van der Waals surface area contributed by atoms with Crippen LogP contribution < -0.4 is 16.4 Å². The maximum absolute atomic E-state index is 11.9. The molecule has 1 aromatic carbocycles. The van der Waals surface area contributed by atoms with Gasteiger partial charge in [-0.3, -0.25) is 4.79 Å². The molecule has 2 aromatic heterocycles. The number of nitrogens with one attached hydrogen (secondary N) is 2. The van der Waals surface area contributed by atoms with Gasteiger partial charge in [0, 0.05) is 23.5 Å². The Morgan fingerprint density at radius 2 is 2.04 bits per heavy atom. The Bertz CT molecular complexity index is 935. The minimum Gasteiger partial charge on any atom is -0.399 e. The number of nitrogens with two attached hydrogens (primary N) is 1. The molecule has 134 valence electrons. The summed E-state index contributed by atoms with van der Waals surface area (Å²) in [5.41, 5.74) is 9.24. The quantitative estimate of drug-likeness (QED) is 0.580. The van der Waals surface area contributed by atoms with Gasteiger partial charge in [0.25, 0.3) is 0 Å². The minimum atomic E-state index is -0.0855. The van der Waals surface area contributed by atoms with Gasteiger partial charge in [-0.05, 0) is 42.8 Å². The van der Waals surface area contributed by atoms with Crippen LogP contribution in [0.15, 0.2) is 42.6 Å². The summed E-state index contributed by atoms with van der Waals surface area (Å²) >= 11 is 1.46. The smallest absolute Gasteiger partial charge is 0.228 e. The van der Waals surface area contributed by atoms with Gasteiger partial charge in [0.05, 0.1) is 10.6 Å². The lowest BCUT2D eigenvalue weighted by Crippen LogP contribution is -2.17. The van der Waals surface area contributed by atoms with Crippen molar-refractivity contribution in [3.05, 3.63) is 48.3 Å². The van der Waals surface area contributed by atoms with Crippen LogP contribution in [0.3, 0.4) is 0 Å². The second-order valence-electron chi connectivity index (χ2n) is 6.26. The van der Waals surface area contributed by atoms with Gasteiger partial charge in [0.2, 0.25) is 5.91 Å². The fourth-order valence-electron chi connectivity index (χ4n) is 2.37. The number of hydrogen-bond donors (Lipinski definition) is 3. The summed E-state index contributed by atoms with van der Waals surface area (Å²) in [6, 6.07) is 11.4. The number of amides is 1. The molecule has 0 saturated heterocycles. The zero-order chi connectivity index (χ0) is 18.7. The van der Waals surface area contributed by atoms with Gasteiger partial charge in [-0.1, -0.05) is 31.3 Å². The highest BCUT2D eigenvalue weighted by Gasteiger charge is 2.14. The van der Waals surface area contributed by atoms with E-state index in [2.05, 4.69) is 20.6 Å². The number of thiazole rings is 1. The average Bonchev–Trinajstić information content (AvgIpc) is 2.95. The van der Waals surface area contributed by atoms with E-state index in [4.69, 9.17) is 5.73 Å². The molecule has 4 N–H and O–H groups in total. The molecule has 0 fully saturated rings. The lowest BCUT2D eigenvalue weighted by molar-refractivity contribution is -0.118. The van der Waals surface area contributed by atoms with Crippen LogP contribution in [-0.2, 0) is 4.79 Å². The molecule has 7 heteroatoms. The fourth-order valence-corrected chi connectivity index (χ4v) is 3.34. The van der Waals surface area contributed by atoms with Crippen molar-refractivity contribution < 1.29 is 4.79 Å². The predicted octanol–water partition coefficient (Wildman–Crippen LogP) is 4.43. The normalized spacial score (nSPS) is 10.8. The summed E-state index contributed by atoms with van der Waals surface area (Å²) in [5.74, 6) is 0.593. The second kappa shape index (κ2) is 7.53. The van der Waals surface area contributed by atoms with E-state index in [-0.39, 0.29) is 11.8 Å². The molecule has 0 aliphatic heterocycles. The van der Waals surface area contributed by atoms with E-state index >= 15 is 0 Å². The second-order valence-corrected chi connectivity index (χ2v) is 7.26. The van der Waals surface area contributed by atoms with Crippen molar-refractivity contribution in [1.82, 2.24) is 9.97 Å². The van der Waals surface area contributed by atoms with Crippen molar-refractivity contribution in [1.29, 1.82) is 0 Å². The number of rotatable bonds is 5. The van der Waals surface area contributed by atoms with Crippen molar-refractivity contribution >= 4 is 39.6 Å². The van der Waals surface area contributed by atoms with Crippen molar-refractivity contribution in [2.75, 3.05) is 16.4 Å². The molecule has 26 heavy (non-hydrogen) atoms. The standard InChI is InChI=1S/C19H21N5OS/c1-11(2)18(25)24-19-22-12(3)17(26-19)13-7-8-21-16(9-13)23-15-6-4-5-14(20)10-15/h4-11H,20H2,1-3H3,(H,21,23)(H,22,24,25). The molecular weight excluding hydrogens is 346 g/mol. The molecule has 6 nitrogen and oxygen atoms in total. The van der Waals surface area contributed by atoms with Crippen molar-refractivity contribution in [2.24, 2.45) is 5.92 Å². The van der Waals surface area contributed by atoms with E-state index < -0.39 is 0 Å². The van der Waals surface area contributed by atoms with Crippen LogP contribution in [0.25, 0.3) is 10.4 Å². The summed E-state index contributed by atoms with van der Waals surface area (Å²) in [6.07, 6.45) is 1.75. The van der Waals surface area contributed by atoms with Gasteiger partial charge in [-0.15, -0.1) is 0 Å². The van der Waals surface area contributed by atoms with E-state index in [0.717, 1.165) is 21.8 Å². The maximum Gasteiger partial charge on any atom is 0.228 e. The molecular formula is C19H21N5OS. The van der Waals surface area contributed by atoms with Crippen LogP contribution in [0.4, 0.5) is 22.3 Å². The van der Waals surface area contributed by atoms with E-state index in [1.165, 1.54) is 11.3 Å². The molecule has 0 spiro atoms. The van der Waals surface area contributed by atoms with Gasteiger partial charge < -0.3 is 16.4 Å². The predicted molar refractivity (Wildman–Crippen MR) is 108 cm³/mol. The van der Waals surface area contributed by atoms with Crippen molar-refractivity contribution in [2.45, 2.75) is 20.8 Å². The molecule has 0 atom stereocenters. The molecule has 0 aliphatic rings. The lowest BCUT2D eigenvalue weighted by Gasteiger charge is -2.07. The van der Waals surface area contributed by atoms with Gasteiger partial charge >= 0.3 is 0 Å². The summed E-state index contributed by atoms with van der Waals surface area (Å²) in [7, 11) is 0. The average molecular weight is 367 g/mol. The van der Waals surface area contributed by atoms with Gasteiger partial charge in [-0.25, -0.2) is 9.97 Å². The van der Waals surface area contributed by atoms with Gasteiger partial charge in [-0.2, -0.15) is 0 Å². The molecule has 1 amide bonds. The zero-order valence-electron chi connectivity index (χ0n) is 14.9. The SMILES string of the molecule is Cc1nc(NC(=O)C(C)C)sc1-c1ccnc(Nc2cccc(N)c2)c1. The molecule has 0 saturated carbocycles. The largest absolute Gasteiger partial charge is 0.399 e. The first-order chi connectivity index (χ1) is 12.4. The lowest BCUT2D eigenvalue weighted by atomic mass is 10.2. The minimum absolute atomic E-state index is 0.0379. The van der Waals surface area contributed by atoms with E-state index in [9.17, 15) is 4.79 Å². The molecule has 3 aromatic rings. The summed E-state index contributed by atoms with van der Waals surface area (Å²) in [6.45, 7) is 5.64. The number of pyridine rings is 1. The fraction of sp³-hybridized carbons (Fsp3) is 0.211. The number of aromatic nitrogens is 2. The number of carbonyl (C=O) groups is 1. The highest BCUT2D eigenvalue weighted by atomic mass is 32.1. The molecule has 0 aliphatic carbocycles. The van der Waals surface area contributed by atoms with E-state index in [1.807, 2.05) is 57.2 Å². The molecule has 0 radical (unpaired) electrons. The number of anilines is 4. The number of nitrogen functional groups attached to an aromatic ring is 1. The number of nitrogens with zero attached hydrogens (tertiary/aromatic N) is 2. The Morgan fingerprint density at radius 3 is 2.77 bits per heavy atom.